The van der Waals surface area contributed by atoms with Crippen molar-refractivity contribution < 1.29 is 4.42 Å². The Bertz CT molecular complexity index is 3850. The average Bonchev–Trinajstić information content (AvgIpc) is 4.02. The molecule has 3 heterocycles. The lowest BCUT2D eigenvalue weighted by molar-refractivity contribution is 0.669. The molecule has 13 aromatic rings. The van der Waals surface area contributed by atoms with E-state index < -0.39 is 0 Å². The molecule has 0 N–H and O–H groups in total. The molecule has 0 aliphatic rings. The van der Waals surface area contributed by atoms with Crippen molar-refractivity contribution in [3.63, 3.8) is 0 Å². The van der Waals surface area contributed by atoms with Gasteiger partial charge in [0.1, 0.15) is 11.2 Å². The van der Waals surface area contributed by atoms with Gasteiger partial charge in [0.05, 0.1) is 28.1 Å². The molecule has 4 heteroatoms. The summed E-state index contributed by atoms with van der Waals surface area (Å²) >= 11 is 1.88. The van der Waals surface area contributed by atoms with E-state index in [9.17, 15) is 0 Å². The maximum atomic E-state index is 6.45. The number of benzene rings is 10. The predicted molar refractivity (Wildman–Crippen MR) is 264 cm³/mol. The summed E-state index contributed by atoms with van der Waals surface area (Å²) in [4.78, 5) is 2.51. The highest BCUT2D eigenvalue weighted by Crippen LogP contribution is 2.52. The molecule has 0 fully saturated rings. The van der Waals surface area contributed by atoms with Crippen LogP contribution in [-0.2, 0) is 0 Å². The highest BCUT2D eigenvalue weighted by molar-refractivity contribution is 7.26. The van der Waals surface area contributed by atoms with E-state index >= 15 is 0 Å². The summed E-state index contributed by atoms with van der Waals surface area (Å²) < 4.78 is 11.4. The summed E-state index contributed by atoms with van der Waals surface area (Å²) in [5.74, 6) is 0. The molecule has 0 bridgehead atoms. The lowest BCUT2D eigenvalue weighted by Crippen LogP contribution is -2.12. The highest BCUT2D eigenvalue weighted by atomic mass is 32.1. The first-order chi connectivity index (χ1) is 30.8. The smallest absolute Gasteiger partial charge is 0.136 e. The third-order valence-corrected chi connectivity index (χ3v) is 13.8. The van der Waals surface area contributed by atoms with Crippen LogP contribution in [0.2, 0.25) is 0 Å². The van der Waals surface area contributed by atoms with Gasteiger partial charge in [0.25, 0.3) is 0 Å². The second-order valence-corrected chi connectivity index (χ2v) is 17.0. The van der Waals surface area contributed by atoms with Crippen molar-refractivity contribution in [3.8, 4) is 27.9 Å². The molecule has 0 amide bonds. The van der Waals surface area contributed by atoms with Gasteiger partial charge in [-0.2, -0.15) is 0 Å². The van der Waals surface area contributed by atoms with Gasteiger partial charge >= 0.3 is 0 Å². The van der Waals surface area contributed by atoms with Crippen molar-refractivity contribution in [2.24, 2.45) is 0 Å². The first kappa shape index (κ1) is 34.9. The van der Waals surface area contributed by atoms with Crippen LogP contribution >= 0.6 is 11.3 Å². The second-order valence-electron chi connectivity index (χ2n) is 16.0. The Hall–Kier alpha value is -7.92. The van der Waals surface area contributed by atoms with Crippen LogP contribution in [0.3, 0.4) is 0 Å². The van der Waals surface area contributed by atoms with Gasteiger partial charge in [-0.05, 0) is 82.7 Å². The quantitative estimate of drug-likeness (QED) is 0.167. The average molecular weight is 809 g/mol. The van der Waals surface area contributed by atoms with E-state index in [4.69, 9.17) is 4.42 Å². The first-order valence-electron chi connectivity index (χ1n) is 21.1. The van der Waals surface area contributed by atoms with Crippen LogP contribution < -0.4 is 4.90 Å². The number of aromatic nitrogens is 1. The van der Waals surface area contributed by atoms with Gasteiger partial charge in [-0.1, -0.05) is 158 Å². The topological polar surface area (TPSA) is 21.3 Å². The van der Waals surface area contributed by atoms with E-state index in [0.717, 1.165) is 55.8 Å². The van der Waals surface area contributed by atoms with E-state index in [1.807, 2.05) is 17.4 Å². The van der Waals surface area contributed by atoms with Crippen molar-refractivity contribution in [3.05, 3.63) is 218 Å². The van der Waals surface area contributed by atoms with Gasteiger partial charge in [-0.15, -0.1) is 11.3 Å². The van der Waals surface area contributed by atoms with Crippen LogP contribution in [0, 0.1) is 0 Å². The Balaban J connectivity index is 1.09. The molecule has 0 aliphatic heterocycles. The van der Waals surface area contributed by atoms with Crippen LogP contribution in [0.1, 0.15) is 0 Å². The molecule has 290 valence electrons. The third-order valence-electron chi connectivity index (χ3n) is 12.6. The highest BCUT2D eigenvalue weighted by Gasteiger charge is 2.25. The molecular formula is C58H36N2OS. The molecule has 0 atom stereocenters. The van der Waals surface area contributed by atoms with E-state index in [2.05, 4.69) is 222 Å². The molecule has 0 saturated heterocycles. The van der Waals surface area contributed by atoms with Crippen molar-refractivity contribution in [2.75, 3.05) is 4.90 Å². The fraction of sp³-hybridized carbons (Fsp3) is 0. The summed E-state index contributed by atoms with van der Waals surface area (Å²) in [5, 5.41) is 9.62. The fourth-order valence-electron chi connectivity index (χ4n) is 9.93. The zero-order valence-electron chi connectivity index (χ0n) is 33.5. The Morgan fingerprint density at radius 3 is 1.85 bits per heavy atom. The number of fused-ring (bicyclic) bond motifs is 10. The molecule has 0 saturated carbocycles. The lowest BCUT2D eigenvalue weighted by atomic mass is 9.95. The van der Waals surface area contributed by atoms with E-state index in [1.165, 1.54) is 63.9 Å². The van der Waals surface area contributed by atoms with Gasteiger partial charge in [-0.3, -0.25) is 0 Å². The summed E-state index contributed by atoms with van der Waals surface area (Å²) in [6.45, 7) is 0. The number of hydrogen-bond donors (Lipinski definition) is 0. The van der Waals surface area contributed by atoms with Gasteiger partial charge in [-0.25, -0.2) is 0 Å². The zero-order chi connectivity index (χ0) is 40.7. The molecular weight excluding hydrogens is 773 g/mol. The number of thiophene rings is 1. The van der Waals surface area contributed by atoms with E-state index in [-0.39, 0.29) is 0 Å². The van der Waals surface area contributed by atoms with Crippen molar-refractivity contribution >= 4 is 103 Å². The number of furan rings is 1. The standard InChI is InChI=1S/C58H36N2OS/c1-2-20-40-37(16-1)17-14-30-48(40)60(51-29-10-5-23-44(51)45-26-15-32-54-56(45)46-24-6-11-31-53(46)61-54)52-35-34-41(58-57(52)47-25-7-12-33-55(47)62-58)38-18-13-19-39(36-38)59-49-27-8-3-21-42(49)43-22-4-9-28-50(43)59/h1-36H. The number of anilines is 3. The predicted octanol–water partition coefficient (Wildman–Crippen LogP) is 17.0. The molecule has 0 aliphatic carbocycles. The minimum absolute atomic E-state index is 0.883. The Morgan fingerprint density at radius 2 is 1.00 bits per heavy atom. The van der Waals surface area contributed by atoms with E-state index in [1.54, 1.807) is 0 Å². The van der Waals surface area contributed by atoms with Crippen LogP contribution in [0.5, 0.6) is 0 Å². The van der Waals surface area contributed by atoms with E-state index in [0.29, 0.717) is 0 Å². The maximum Gasteiger partial charge on any atom is 0.136 e. The molecule has 62 heavy (non-hydrogen) atoms. The van der Waals surface area contributed by atoms with Gasteiger partial charge in [0, 0.05) is 58.4 Å². The van der Waals surface area contributed by atoms with Gasteiger partial charge in [0.2, 0.25) is 0 Å². The Kier molecular flexibility index (Phi) is 7.78. The van der Waals surface area contributed by atoms with Crippen LogP contribution in [-0.4, -0.2) is 4.57 Å². The molecule has 3 nitrogen and oxygen atoms in total. The molecule has 0 unspecified atom stereocenters. The summed E-state index contributed by atoms with van der Waals surface area (Å²) in [6.07, 6.45) is 0. The van der Waals surface area contributed by atoms with Crippen molar-refractivity contribution in [1.29, 1.82) is 0 Å². The molecule has 0 spiro atoms. The normalized spacial score (nSPS) is 11.9. The SMILES string of the molecule is c1cc(-c2ccc(N(c3ccccc3-c3cccc4oc5ccccc5c34)c3cccc4ccccc34)c3c2sc2ccccc23)cc(-n2c3ccccc3c3ccccc32)c1. The lowest BCUT2D eigenvalue weighted by Gasteiger charge is -2.30. The minimum Gasteiger partial charge on any atom is -0.456 e. The largest absolute Gasteiger partial charge is 0.456 e. The zero-order valence-corrected chi connectivity index (χ0v) is 34.3. The second kappa shape index (κ2) is 13.8. The minimum atomic E-state index is 0.883. The first-order valence-corrected chi connectivity index (χ1v) is 21.9. The molecule has 10 aromatic carbocycles. The fourth-order valence-corrected chi connectivity index (χ4v) is 11.2. The van der Waals surface area contributed by atoms with Gasteiger partial charge < -0.3 is 13.9 Å². The monoisotopic (exact) mass is 808 g/mol. The molecule has 3 aromatic heterocycles. The number of para-hydroxylation sites is 4. The van der Waals surface area contributed by atoms with Crippen LogP contribution in [0.25, 0.3) is 103 Å². The Labute approximate surface area is 361 Å². The van der Waals surface area contributed by atoms with Crippen molar-refractivity contribution in [1.82, 2.24) is 4.57 Å². The maximum absolute atomic E-state index is 6.45. The number of rotatable bonds is 6. The van der Waals surface area contributed by atoms with Crippen LogP contribution in [0.15, 0.2) is 223 Å². The number of nitrogens with zero attached hydrogens (tertiary/aromatic N) is 2. The summed E-state index contributed by atoms with van der Waals surface area (Å²) in [5.41, 5.74) is 13.3. The molecule has 0 radical (unpaired) electrons. The molecule has 13 rings (SSSR count). The Morgan fingerprint density at radius 1 is 0.387 bits per heavy atom. The van der Waals surface area contributed by atoms with Crippen LogP contribution in [0.4, 0.5) is 17.1 Å². The summed E-state index contributed by atoms with van der Waals surface area (Å²) in [6, 6.07) is 79.3. The number of hydrogen-bond acceptors (Lipinski definition) is 3. The van der Waals surface area contributed by atoms with Gasteiger partial charge in [0.15, 0.2) is 0 Å². The summed E-state index contributed by atoms with van der Waals surface area (Å²) in [7, 11) is 0. The third kappa shape index (κ3) is 5.24. The van der Waals surface area contributed by atoms with Crippen molar-refractivity contribution in [2.45, 2.75) is 0 Å².